The van der Waals surface area contributed by atoms with Crippen LogP contribution in [-0.2, 0) is 0 Å². The van der Waals surface area contributed by atoms with E-state index in [0.717, 1.165) is 5.56 Å². The molecule has 1 nitrogen and oxygen atoms in total. The maximum atomic E-state index is 12.0. The fourth-order valence-electron chi connectivity index (χ4n) is 1.16. The standard InChI is InChI=1S/C11H13FO/c1-4-9-7-10(8(2)3)5-6-11(9)13-12/h4-8H,1H2,2-3H3. The molecule has 1 rings (SSSR count). The third kappa shape index (κ3) is 2.08. The highest BCUT2D eigenvalue weighted by molar-refractivity contribution is 5.57. The molecule has 0 atom stereocenters. The minimum atomic E-state index is 0.222. The SMILES string of the molecule is C=Cc1cc(C(C)C)ccc1OF. The van der Waals surface area contributed by atoms with Crippen molar-refractivity contribution in [2.75, 3.05) is 0 Å². The van der Waals surface area contributed by atoms with E-state index in [1.165, 1.54) is 0 Å². The van der Waals surface area contributed by atoms with E-state index in [9.17, 15) is 4.53 Å². The smallest absolute Gasteiger partial charge is 0.179 e. The molecule has 0 radical (unpaired) electrons. The number of halogens is 1. The molecule has 1 aromatic rings. The second-order valence-corrected chi connectivity index (χ2v) is 3.23. The van der Waals surface area contributed by atoms with E-state index in [-0.39, 0.29) is 5.75 Å². The Balaban J connectivity index is 3.13. The molecule has 0 aliphatic heterocycles. The Hall–Kier alpha value is -1.31. The molecule has 1 aromatic carbocycles. The fraction of sp³-hybridized carbons (Fsp3) is 0.273. The van der Waals surface area contributed by atoms with Crippen molar-refractivity contribution in [3.8, 4) is 5.75 Å². The quantitative estimate of drug-likeness (QED) is 0.688. The molecule has 2 heteroatoms. The lowest BCUT2D eigenvalue weighted by atomic mass is 10.0. The molecule has 0 aliphatic rings. The minimum absolute atomic E-state index is 0.222. The zero-order valence-corrected chi connectivity index (χ0v) is 7.88. The first-order valence-corrected chi connectivity index (χ1v) is 4.24. The lowest BCUT2D eigenvalue weighted by Crippen LogP contribution is -1.89. The van der Waals surface area contributed by atoms with Crippen LogP contribution in [0.4, 0.5) is 4.53 Å². The van der Waals surface area contributed by atoms with E-state index in [2.05, 4.69) is 25.4 Å². The van der Waals surface area contributed by atoms with Crippen LogP contribution in [0.15, 0.2) is 24.8 Å². The van der Waals surface area contributed by atoms with Crippen molar-refractivity contribution in [3.63, 3.8) is 0 Å². The molecule has 0 bridgehead atoms. The third-order valence-corrected chi connectivity index (χ3v) is 2.00. The summed E-state index contributed by atoms with van der Waals surface area (Å²) in [4.78, 5) is 3.70. The molecule has 0 saturated carbocycles. The summed E-state index contributed by atoms with van der Waals surface area (Å²) >= 11 is 0. The highest BCUT2D eigenvalue weighted by Gasteiger charge is 2.05. The first-order chi connectivity index (χ1) is 6.19. The lowest BCUT2D eigenvalue weighted by Gasteiger charge is -2.07. The van der Waals surface area contributed by atoms with Crippen LogP contribution in [0.3, 0.4) is 0 Å². The lowest BCUT2D eigenvalue weighted by molar-refractivity contribution is -0.00647. The van der Waals surface area contributed by atoms with Crippen molar-refractivity contribution in [2.45, 2.75) is 19.8 Å². The average Bonchev–Trinajstić information content (AvgIpc) is 2.16. The third-order valence-electron chi connectivity index (χ3n) is 2.00. The van der Waals surface area contributed by atoms with Gasteiger partial charge in [0.15, 0.2) is 5.75 Å². The number of rotatable bonds is 3. The zero-order chi connectivity index (χ0) is 9.84. The first-order valence-electron chi connectivity index (χ1n) is 4.24. The molecule has 0 unspecified atom stereocenters. The maximum absolute atomic E-state index is 12.0. The van der Waals surface area contributed by atoms with Crippen LogP contribution in [0.25, 0.3) is 6.08 Å². The highest BCUT2D eigenvalue weighted by Crippen LogP contribution is 2.25. The topological polar surface area (TPSA) is 9.23 Å². The fourth-order valence-corrected chi connectivity index (χ4v) is 1.16. The predicted molar refractivity (Wildman–Crippen MR) is 52.4 cm³/mol. The van der Waals surface area contributed by atoms with Gasteiger partial charge in [-0.25, -0.2) is 0 Å². The highest BCUT2D eigenvalue weighted by atomic mass is 19.3. The zero-order valence-electron chi connectivity index (χ0n) is 7.88. The van der Waals surface area contributed by atoms with Gasteiger partial charge in [-0.2, -0.15) is 0 Å². The molecule has 0 amide bonds. The van der Waals surface area contributed by atoms with Crippen molar-refractivity contribution < 1.29 is 9.47 Å². The Morgan fingerprint density at radius 2 is 2.15 bits per heavy atom. The van der Waals surface area contributed by atoms with E-state index < -0.39 is 0 Å². The summed E-state index contributed by atoms with van der Waals surface area (Å²) in [5.41, 5.74) is 1.84. The van der Waals surface area contributed by atoms with Gasteiger partial charge in [0.1, 0.15) is 0 Å². The summed E-state index contributed by atoms with van der Waals surface area (Å²) in [6.07, 6.45) is 1.58. The van der Waals surface area contributed by atoms with E-state index in [0.29, 0.717) is 11.5 Å². The van der Waals surface area contributed by atoms with Crippen LogP contribution in [0.1, 0.15) is 30.9 Å². The van der Waals surface area contributed by atoms with E-state index in [4.69, 9.17) is 0 Å². The second-order valence-electron chi connectivity index (χ2n) is 3.23. The van der Waals surface area contributed by atoms with Crippen LogP contribution < -0.4 is 4.94 Å². The second kappa shape index (κ2) is 4.08. The largest absolute Gasteiger partial charge is 0.294 e. The van der Waals surface area contributed by atoms with Crippen LogP contribution in [-0.4, -0.2) is 0 Å². The molecule has 0 heterocycles. The van der Waals surface area contributed by atoms with E-state index in [1.54, 1.807) is 12.1 Å². The van der Waals surface area contributed by atoms with E-state index >= 15 is 0 Å². The predicted octanol–water partition coefficient (Wildman–Crippen LogP) is 3.72. The van der Waals surface area contributed by atoms with Gasteiger partial charge in [0.25, 0.3) is 0 Å². The monoisotopic (exact) mass is 180 g/mol. The van der Waals surface area contributed by atoms with Crippen LogP contribution in [0.5, 0.6) is 5.75 Å². The van der Waals surface area contributed by atoms with Gasteiger partial charge >= 0.3 is 0 Å². The number of hydrogen-bond donors (Lipinski definition) is 0. The van der Waals surface area contributed by atoms with E-state index in [1.807, 2.05) is 12.1 Å². The van der Waals surface area contributed by atoms with Crippen LogP contribution in [0, 0.1) is 0 Å². The van der Waals surface area contributed by atoms with Gasteiger partial charge in [-0.05, 0) is 23.6 Å². The molecule has 0 fully saturated rings. The Bertz CT molecular complexity index is 305. The van der Waals surface area contributed by atoms with Crippen molar-refractivity contribution >= 4 is 6.08 Å². The van der Waals surface area contributed by atoms with Gasteiger partial charge < -0.3 is 0 Å². The van der Waals surface area contributed by atoms with Crippen LogP contribution in [0.2, 0.25) is 0 Å². The van der Waals surface area contributed by atoms with Gasteiger partial charge in [-0.1, -0.05) is 32.6 Å². The van der Waals surface area contributed by atoms with Gasteiger partial charge in [0.2, 0.25) is 0 Å². The Kier molecular flexibility index (Phi) is 3.07. The summed E-state index contributed by atoms with van der Waals surface area (Å²) in [5, 5.41) is 0. The summed E-state index contributed by atoms with van der Waals surface area (Å²) < 4.78 is 12.0. The summed E-state index contributed by atoms with van der Waals surface area (Å²) in [6.45, 7) is 7.76. The Morgan fingerprint density at radius 3 is 2.62 bits per heavy atom. The molecule has 70 valence electrons. The summed E-state index contributed by atoms with van der Waals surface area (Å²) in [5.74, 6) is 0.645. The average molecular weight is 180 g/mol. The van der Waals surface area contributed by atoms with Crippen molar-refractivity contribution in [2.24, 2.45) is 0 Å². The molecule has 0 aliphatic carbocycles. The van der Waals surface area contributed by atoms with Crippen LogP contribution >= 0.6 is 0 Å². The molecule has 13 heavy (non-hydrogen) atoms. The van der Waals surface area contributed by atoms with Gasteiger partial charge in [0.05, 0.1) is 0 Å². The molecule has 0 saturated heterocycles. The van der Waals surface area contributed by atoms with Gasteiger partial charge in [0, 0.05) is 10.1 Å². The molecule has 0 spiro atoms. The molecular formula is C11H13FO. The Labute approximate surface area is 77.7 Å². The Morgan fingerprint density at radius 1 is 1.46 bits per heavy atom. The summed E-state index contributed by atoms with van der Waals surface area (Å²) in [6, 6.07) is 5.35. The maximum Gasteiger partial charge on any atom is 0.179 e. The number of benzene rings is 1. The molecule has 0 aromatic heterocycles. The van der Waals surface area contributed by atoms with Crippen molar-refractivity contribution in [1.29, 1.82) is 0 Å². The molecular weight excluding hydrogens is 167 g/mol. The minimum Gasteiger partial charge on any atom is -0.294 e. The summed E-state index contributed by atoms with van der Waals surface area (Å²) in [7, 11) is 0. The van der Waals surface area contributed by atoms with Crippen molar-refractivity contribution in [1.82, 2.24) is 0 Å². The normalized spacial score (nSPS) is 10.2. The number of hydrogen-bond acceptors (Lipinski definition) is 1. The molecule has 0 N–H and O–H groups in total. The van der Waals surface area contributed by atoms with Gasteiger partial charge in [-0.15, -0.1) is 0 Å². The van der Waals surface area contributed by atoms with Crippen molar-refractivity contribution in [3.05, 3.63) is 35.9 Å². The van der Waals surface area contributed by atoms with Gasteiger partial charge in [-0.3, -0.25) is 4.94 Å². The first kappa shape index (κ1) is 9.78.